The van der Waals surface area contributed by atoms with Crippen LogP contribution in [0.15, 0.2) is 47.3 Å². The minimum atomic E-state index is -3.05. The number of benzene rings is 2. The summed E-state index contributed by atoms with van der Waals surface area (Å²) in [6.45, 7) is -3.06. The predicted octanol–water partition coefficient (Wildman–Crippen LogP) is 3.52. The van der Waals surface area contributed by atoms with Crippen molar-refractivity contribution < 1.29 is 27.8 Å². The molecule has 1 aliphatic heterocycles. The number of aromatic nitrogens is 2. The van der Waals surface area contributed by atoms with Crippen molar-refractivity contribution in [3.8, 4) is 5.75 Å². The summed E-state index contributed by atoms with van der Waals surface area (Å²) in [7, 11) is 0. The monoisotopic (exact) mass is 457 g/mol. The van der Waals surface area contributed by atoms with Crippen molar-refractivity contribution in [2.75, 3.05) is 11.9 Å². The first-order chi connectivity index (χ1) is 15.9. The van der Waals surface area contributed by atoms with Crippen molar-refractivity contribution in [2.45, 2.75) is 38.8 Å². The number of para-hydroxylation sites is 2. The number of carbonyl (C=O) groups excluding carboxylic acids is 2. The van der Waals surface area contributed by atoms with E-state index in [0.717, 1.165) is 19.3 Å². The molecule has 0 atom stereocenters. The van der Waals surface area contributed by atoms with E-state index in [-0.39, 0.29) is 22.6 Å². The average molecular weight is 457 g/mol. The van der Waals surface area contributed by atoms with Gasteiger partial charge in [-0.25, -0.2) is 9.78 Å². The molecule has 0 unspecified atom stereocenters. The zero-order chi connectivity index (χ0) is 23.4. The van der Waals surface area contributed by atoms with E-state index in [4.69, 9.17) is 4.74 Å². The number of esters is 1. The number of hydrogen-bond acceptors (Lipinski definition) is 6. The van der Waals surface area contributed by atoms with Gasteiger partial charge in [0.2, 0.25) is 0 Å². The number of rotatable bonds is 6. The van der Waals surface area contributed by atoms with E-state index < -0.39 is 25.1 Å². The maximum atomic E-state index is 12.8. The van der Waals surface area contributed by atoms with Crippen LogP contribution in [0.1, 0.15) is 35.4 Å². The first-order valence-corrected chi connectivity index (χ1v) is 10.5. The minimum Gasteiger partial charge on any atom is -0.452 e. The van der Waals surface area contributed by atoms with Crippen LogP contribution < -0.4 is 15.6 Å². The zero-order valence-corrected chi connectivity index (χ0v) is 17.6. The summed E-state index contributed by atoms with van der Waals surface area (Å²) in [4.78, 5) is 41.9. The van der Waals surface area contributed by atoms with E-state index >= 15 is 0 Å². The van der Waals surface area contributed by atoms with E-state index in [9.17, 15) is 23.2 Å². The van der Waals surface area contributed by atoms with Crippen LogP contribution in [0.2, 0.25) is 0 Å². The molecule has 0 saturated carbocycles. The maximum Gasteiger partial charge on any atom is 0.387 e. The van der Waals surface area contributed by atoms with Gasteiger partial charge in [-0.2, -0.15) is 8.78 Å². The summed E-state index contributed by atoms with van der Waals surface area (Å²) < 4.78 is 36.1. The van der Waals surface area contributed by atoms with Gasteiger partial charge in [0, 0.05) is 13.0 Å². The number of carbonyl (C=O) groups is 2. The molecule has 2 aromatic carbocycles. The van der Waals surface area contributed by atoms with Crippen LogP contribution in [0.25, 0.3) is 10.9 Å². The lowest BCUT2D eigenvalue weighted by Crippen LogP contribution is -2.25. The normalized spacial score (nSPS) is 13.3. The molecule has 2 heterocycles. The maximum absolute atomic E-state index is 12.8. The molecular formula is C23H21F2N3O5. The van der Waals surface area contributed by atoms with E-state index in [1.54, 1.807) is 4.57 Å². The lowest BCUT2D eigenvalue weighted by molar-refractivity contribution is -0.119. The molecule has 0 radical (unpaired) electrons. The molecule has 0 bridgehead atoms. The van der Waals surface area contributed by atoms with Crippen LogP contribution in [0.3, 0.4) is 0 Å². The fourth-order valence-corrected chi connectivity index (χ4v) is 3.71. The highest BCUT2D eigenvalue weighted by atomic mass is 19.3. The van der Waals surface area contributed by atoms with E-state index in [0.29, 0.717) is 29.7 Å². The van der Waals surface area contributed by atoms with Gasteiger partial charge in [0.1, 0.15) is 11.6 Å². The summed E-state index contributed by atoms with van der Waals surface area (Å²) in [5, 5.41) is 2.78. The second kappa shape index (κ2) is 9.76. The number of anilines is 1. The van der Waals surface area contributed by atoms with Crippen LogP contribution in [0.4, 0.5) is 14.5 Å². The van der Waals surface area contributed by atoms with E-state index in [2.05, 4.69) is 15.0 Å². The Kier molecular flexibility index (Phi) is 6.62. The highest BCUT2D eigenvalue weighted by Gasteiger charge is 2.17. The Morgan fingerprint density at radius 1 is 1.12 bits per heavy atom. The van der Waals surface area contributed by atoms with Crippen LogP contribution in [-0.4, -0.2) is 34.6 Å². The number of nitrogens with one attached hydrogen (secondary N) is 1. The summed E-state index contributed by atoms with van der Waals surface area (Å²) in [5.41, 5.74) is 0.420. The number of ether oxygens (including phenoxy) is 2. The predicted molar refractivity (Wildman–Crippen MR) is 116 cm³/mol. The number of halogens is 2. The molecule has 0 fully saturated rings. The van der Waals surface area contributed by atoms with Crippen LogP contribution in [-0.2, 0) is 22.5 Å². The molecular weight excluding hydrogens is 436 g/mol. The Morgan fingerprint density at radius 3 is 2.76 bits per heavy atom. The van der Waals surface area contributed by atoms with Crippen LogP contribution in [0.5, 0.6) is 5.75 Å². The Labute approximate surface area is 187 Å². The summed E-state index contributed by atoms with van der Waals surface area (Å²) in [6, 6.07) is 10.1. The van der Waals surface area contributed by atoms with E-state index in [1.807, 2.05) is 0 Å². The van der Waals surface area contributed by atoms with Gasteiger partial charge >= 0.3 is 12.6 Å². The van der Waals surface area contributed by atoms with Crippen molar-refractivity contribution in [1.29, 1.82) is 0 Å². The van der Waals surface area contributed by atoms with Crippen molar-refractivity contribution in [3.05, 3.63) is 64.2 Å². The van der Waals surface area contributed by atoms with Gasteiger partial charge in [0.15, 0.2) is 6.61 Å². The molecule has 8 nitrogen and oxygen atoms in total. The molecule has 3 aromatic rings. The highest BCUT2D eigenvalue weighted by Crippen LogP contribution is 2.25. The largest absolute Gasteiger partial charge is 0.452 e. The Morgan fingerprint density at radius 2 is 1.94 bits per heavy atom. The van der Waals surface area contributed by atoms with Gasteiger partial charge in [-0.05, 0) is 43.2 Å². The zero-order valence-electron chi connectivity index (χ0n) is 17.6. The lowest BCUT2D eigenvalue weighted by Gasteiger charge is -2.12. The molecule has 4 rings (SSSR count). The Balaban J connectivity index is 1.45. The number of amides is 1. The third kappa shape index (κ3) is 5.16. The molecule has 0 spiro atoms. The van der Waals surface area contributed by atoms with Crippen LogP contribution >= 0.6 is 0 Å². The number of fused-ring (bicyclic) bond motifs is 2. The van der Waals surface area contributed by atoms with Gasteiger partial charge in [-0.3, -0.25) is 14.2 Å². The molecule has 33 heavy (non-hydrogen) atoms. The average Bonchev–Trinajstić information content (AvgIpc) is 3.04. The van der Waals surface area contributed by atoms with Crippen molar-refractivity contribution in [1.82, 2.24) is 9.55 Å². The lowest BCUT2D eigenvalue weighted by atomic mass is 10.1. The molecule has 172 valence electrons. The number of alkyl halides is 2. The number of nitrogens with zero attached hydrogens (tertiary/aromatic N) is 2. The molecule has 0 aliphatic carbocycles. The summed E-state index contributed by atoms with van der Waals surface area (Å²) in [6.07, 6.45) is 3.58. The van der Waals surface area contributed by atoms with Crippen molar-refractivity contribution in [3.63, 3.8) is 0 Å². The quantitative estimate of drug-likeness (QED) is 0.569. The van der Waals surface area contributed by atoms with Crippen molar-refractivity contribution >= 4 is 28.5 Å². The molecule has 0 saturated heterocycles. The molecule has 1 N–H and O–H groups in total. The van der Waals surface area contributed by atoms with Crippen LogP contribution in [0, 0.1) is 0 Å². The number of hydrogen-bond donors (Lipinski definition) is 1. The summed E-state index contributed by atoms with van der Waals surface area (Å²) >= 11 is 0. The smallest absolute Gasteiger partial charge is 0.387 e. The minimum absolute atomic E-state index is 0.0231. The topological polar surface area (TPSA) is 99.5 Å². The summed E-state index contributed by atoms with van der Waals surface area (Å²) in [5.74, 6) is -1.02. The Bertz CT molecular complexity index is 1260. The van der Waals surface area contributed by atoms with Gasteiger partial charge in [-0.15, -0.1) is 0 Å². The fraction of sp³-hybridized carbons (Fsp3) is 0.304. The van der Waals surface area contributed by atoms with Gasteiger partial charge < -0.3 is 14.8 Å². The van der Waals surface area contributed by atoms with Crippen molar-refractivity contribution in [2.24, 2.45) is 0 Å². The second-order valence-corrected chi connectivity index (χ2v) is 7.53. The third-order valence-electron chi connectivity index (χ3n) is 5.26. The molecule has 1 aromatic heterocycles. The van der Waals surface area contributed by atoms with Gasteiger partial charge in [0.05, 0.1) is 22.2 Å². The van der Waals surface area contributed by atoms with Gasteiger partial charge in [0.25, 0.3) is 11.5 Å². The Hall–Kier alpha value is -3.82. The van der Waals surface area contributed by atoms with E-state index in [1.165, 1.54) is 42.5 Å². The highest BCUT2D eigenvalue weighted by molar-refractivity contribution is 5.97. The standard InChI is InChI=1S/C23H21F2N3O5/c24-23(25)33-18-7-4-3-6-16(18)27-20(29)13-32-22(31)14-9-10-15-17(12-14)26-19-8-2-1-5-11-28(19)21(15)30/h3-4,6-7,9-10,12,23H,1-2,5,8,11,13H2,(H,27,29). The molecule has 10 heteroatoms. The second-order valence-electron chi connectivity index (χ2n) is 7.53. The first-order valence-electron chi connectivity index (χ1n) is 10.5. The fourth-order valence-electron chi connectivity index (χ4n) is 3.71. The molecule has 1 aliphatic rings. The SMILES string of the molecule is O=C(COC(=O)c1ccc2c(=O)n3c(nc2c1)CCCCC3)Nc1ccccc1OC(F)F. The van der Waals surface area contributed by atoms with Gasteiger partial charge in [-0.1, -0.05) is 18.6 Å². The molecule has 1 amide bonds. The first kappa shape index (κ1) is 22.4. The number of aryl methyl sites for hydroxylation is 1. The third-order valence-corrected chi connectivity index (χ3v) is 5.26.